The highest BCUT2D eigenvalue weighted by Gasteiger charge is 2.46. The van der Waals surface area contributed by atoms with Crippen molar-refractivity contribution in [3.63, 3.8) is 0 Å². The van der Waals surface area contributed by atoms with E-state index in [0.717, 1.165) is 33.3 Å². The van der Waals surface area contributed by atoms with Gasteiger partial charge in [0, 0.05) is 28.3 Å². The number of ether oxygens (including phenoxy) is 1. The molecule has 4 aromatic rings. The van der Waals surface area contributed by atoms with Crippen LogP contribution in [0.15, 0.2) is 41.2 Å². The number of carbonyl (C=O) groups excluding carboxylic acids is 1. The Morgan fingerprint density at radius 1 is 1.20 bits per heavy atom. The molecule has 0 radical (unpaired) electrons. The molecule has 2 aliphatic heterocycles. The van der Waals surface area contributed by atoms with Gasteiger partial charge >= 0.3 is 5.97 Å². The third kappa shape index (κ3) is 3.34. The number of esters is 1. The minimum absolute atomic E-state index is 0.0533. The van der Waals surface area contributed by atoms with Crippen molar-refractivity contribution >= 4 is 22.6 Å². The third-order valence-corrected chi connectivity index (χ3v) is 8.83. The lowest BCUT2D eigenvalue weighted by Crippen LogP contribution is -2.44. The van der Waals surface area contributed by atoms with Gasteiger partial charge in [-0.2, -0.15) is 0 Å². The molecule has 7 rings (SSSR count). The topological polar surface area (TPSA) is 114 Å². The van der Waals surface area contributed by atoms with Gasteiger partial charge in [0.25, 0.3) is 5.56 Å². The van der Waals surface area contributed by atoms with Gasteiger partial charge < -0.3 is 24.8 Å². The van der Waals surface area contributed by atoms with Crippen LogP contribution in [0.2, 0.25) is 0 Å². The van der Waals surface area contributed by atoms with Gasteiger partial charge in [-0.15, -0.1) is 0 Å². The molecule has 4 heterocycles. The van der Waals surface area contributed by atoms with Crippen LogP contribution in [0.5, 0.6) is 0 Å². The van der Waals surface area contributed by atoms with Gasteiger partial charge in [0.1, 0.15) is 12.4 Å². The molecule has 0 spiro atoms. The van der Waals surface area contributed by atoms with Gasteiger partial charge in [0.2, 0.25) is 0 Å². The zero-order chi connectivity index (χ0) is 27.9. The fourth-order valence-corrected chi connectivity index (χ4v) is 6.66. The fourth-order valence-electron chi connectivity index (χ4n) is 6.66. The second-order valence-electron chi connectivity index (χ2n) is 10.9. The molecule has 0 saturated carbocycles. The molecule has 9 heteroatoms. The van der Waals surface area contributed by atoms with Crippen LogP contribution < -0.4 is 10.9 Å². The van der Waals surface area contributed by atoms with Crippen molar-refractivity contribution in [2.24, 2.45) is 0 Å². The highest BCUT2D eigenvalue weighted by Crippen LogP contribution is 2.46. The molecule has 40 heavy (non-hydrogen) atoms. The molecule has 3 aliphatic rings. The maximum Gasteiger partial charge on any atom is 0.343 e. The maximum absolute atomic E-state index is 15.1. The summed E-state index contributed by atoms with van der Waals surface area (Å²) < 4.78 is 21.9. The number of carbonyl (C=O) groups is 1. The number of hydrogen-bond donors (Lipinski definition) is 3. The number of nitrogens with one attached hydrogen (secondary N) is 1. The number of rotatable bonds is 4. The standard InChI is InChI=1S/C31H28FN3O5/c1-3-31(39)21-10-25-28-19(12-35(25)29(37)20(21)14-40-30(31)38)27-23(33-17-6-4-5-16(9-17)13-36)8-7-18-15(2)22(32)11-24(34-28)26(18)27/h4-6,9-11,23,33,36,39H,3,7-8,12-14H2,1-2H3/t23-,31-/m0/s1. The second kappa shape index (κ2) is 8.71. The Hall–Kier alpha value is -4.08. The van der Waals surface area contributed by atoms with Gasteiger partial charge in [-0.3, -0.25) is 4.79 Å². The summed E-state index contributed by atoms with van der Waals surface area (Å²) in [6, 6.07) is 10.6. The predicted molar refractivity (Wildman–Crippen MR) is 146 cm³/mol. The molecule has 204 valence electrons. The lowest BCUT2D eigenvalue weighted by molar-refractivity contribution is -0.172. The molecule has 3 N–H and O–H groups in total. The highest BCUT2D eigenvalue weighted by atomic mass is 19.1. The van der Waals surface area contributed by atoms with Crippen LogP contribution in [0, 0.1) is 12.7 Å². The first-order valence-corrected chi connectivity index (χ1v) is 13.5. The van der Waals surface area contributed by atoms with E-state index in [9.17, 15) is 19.8 Å². The normalized spacial score (nSPS) is 20.6. The van der Waals surface area contributed by atoms with Gasteiger partial charge in [-0.25, -0.2) is 14.2 Å². The van der Waals surface area contributed by atoms with E-state index in [0.29, 0.717) is 35.3 Å². The summed E-state index contributed by atoms with van der Waals surface area (Å²) in [4.78, 5) is 31.2. The number of hydrogen-bond acceptors (Lipinski definition) is 7. The Labute approximate surface area is 229 Å². The lowest BCUT2D eigenvalue weighted by atomic mass is 9.81. The first kappa shape index (κ1) is 24.9. The van der Waals surface area contributed by atoms with Crippen LogP contribution in [0.3, 0.4) is 0 Å². The van der Waals surface area contributed by atoms with Crippen LogP contribution in [0.1, 0.15) is 64.8 Å². The Morgan fingerprint density at radius 3 is 2.80 bits per heavy atom. The summed E-state index contributed by atoms with van der Waals surface area (Å²) in [7, 11) is 0. The van der Waals surface area contributed by atoms with E-state index in [2.05, 4.69) is 5.32 Å². The van der Waals surface area contributed by atoms with Crippen LogP contribution >= 0.6 is 0 Å². The Kier molecular flexibility index (Phi) is 5.43. The number of fused-ring (bicyclic) bond motifs is 5. The Balaban J connectivity index is 1.48. The number of anilines is 1. The average molecular weight is 542 g/mol. The monoisotopic (exact) mass is 541 g/mol. The SMILES string of the molecule is CC[C@@]1(O)C(=O)OCc2c1cc1n(c2=O)Cc2c-1nc1cc(F)c(C)c3c1c2[C@@H](Nc1cccc(CO)c1)CC3. The second-order valence-corrected chi connectivity index (χ2v) is 10.9. The largest absolute Gasteiger partial charge is 0.458 e. The number of halogens is 1. The van der Waals surface area contributed by atoms with Crippen LogP contribution in [0.25, 0.3) is 22.3 Å². The molecule has 0 fully saturated rings. The smallest absolute Gasteiger partial charge is 0.343 e. The van der Waals surface area contributed by atoms with Gasteiger partial charge in [-0.05, 0) is 66.6 Å². The van der Waals surface area contributed by atoms with Crippen molar-refractivity contribution in [3.05, 3.63) is 91.5 Å². The molecule has 2 aromatic carbocycles. The van der Waals surface area contributed by atoms with E-state index < -0.39 is 11.6 Å². The summed E-state index contributed by atoms with van der Waals surface area (Å²) in [6.45, 7) is 3.44. The van der Waals surface area contributed by atoms with Gasteiger partial charge in [0.05, 0.1) is 41.7 Å². The number of aromatic nitrogens is 2. The van der Waals surface area contributed by atoms with Gasteiger partial charge in [-0.1, -0.05) is 19.1 Å². The molecule has 2 atom stereocenters. The highest BCUT2D eigenvalue weighted by molar-refractivity contribution is 5.93. The number of aliphatic hydroxyl groups excluding tert-OH is 1. The molecule has 0 amide bonds. The van der Waals surface area contributed by atoms with Crippen LogP contribution in [-0.4, -0.2) is 25.7 Å². The molecule has 8 nitrogen and oxygen atoms in total. The number of benzene rings is 2. The number of aryl methyl sites for hydroxylation is 1. The first-order chi connectivity index (χ1) is 19.2. The van der Waals surface area contributed by atoms with Crippen LogP contribution in [-0.2, 0) is 41.3 Å². The average Bonchev–Trinajstić information content (AvgIpc) is 3.33. The number of cyclic esters (lactones) is 1. The zero-order valence-electron chi connectivity index (χ0n) is 22.2. The van der Waals surface area contributed by atoms with Crippen molar-refractivity contribution in [3.8, 4) is 11.4 Å². The zero-order valence-corrected chi connectivity index (χ0v) is 22.2. The molecule has 0 bridgehead atoms. The minimum Gasteiger partial charge on any atom is -0.458 e. The van der Waals surface area contributed by atoms with Crippen molar-refractivity contribution in [1.29, 1.82) is 0 Å². The summed E-state index contributed by atoms with van der Waals surface area (Å²) in [5.41, 5.74) is 4.79. The number of nitrogens with zero attached hydrogens (tertiary/aromatic N) is 2. The van der Waals surface area contributed by atoms with Crippen molar-refractivity contribution in [2.75, 3.05) is 5.32 Å². The van der Waals surface area contributed by atoms with E-state index in [1.807, 2.05) is 24.3 Å². The molecular formula is C31H28FN3O5. The lowest BCUT2D eigenvalue weighted by Gasteiger charge is -2.31. The van der Waals surface area contributed by atoms with E-state index >= 15 is 4.39 Å². The Bertz CT molecular complexity index is 1830. The molecule has 0 unspecified atom stereocenters. The molecule has 1 aliphatic carbocycles. The van der Waals surface area contributed by atoms with E-state index in [-0.39, 0.29) is 54.7 Å². The van der Waals surface area contributed by atoms with E-state index in [1.54, 1.807) is 24.5 Å². The Morgan fingerprint density at radius 2 is 2.02 bits per heavy atom. The van der Waals surface area contributed by atoms with E-state index in [4.69, 9.17) is 9.72 Å². The quantitative estimate of drug-likeness (QED) is 0.293. The predicted octanol–water partition coefficient (Wildman–Crippen LogP) is 4.12. The summed E-state index contributed by atoms with van der Waals surface area (Å²) >= 11 is 0. The van der Waals surface area contributed by atoms with Crippen molar-refractivity contribution in [2.45, 2.75) is 64.5 Å². The fraction of sp³-hybridized carbons (Fsp3) is 0.323. The van der Waals surface area contributed by atoms with Crippen LogP contribution in [0.4, 0.5) is 10.1 Å². The van der Waals surface area contributed by atoms with Crippen molar-refractivity contribution in [1.82, 2.24) is 9.55 Å². The number of pyridine rings is 2. The maximum atomic E-state index is 15.1. The molecule has 2 aromatic heterocycles. The molecular weight excluding hydrogens is 513 g/mol. The first-order valence-electron chi connectivity index (χ1n) is 13.5. The van der Waals surface area contributed by atoms with Crippen molar-refractivity contribution < 1.29 is 24.1 Å². The van der Waals surface area contributed by atoms with Gasteiger partial charge in [0.15, 0.2) is 5.60 Å². The summed E-state index contributed by atoms with van der Waals surface area (Å²) in [5, 5.41) is 25.4. The minimum atomic E-state index is -1.92. The number of aliphatic hydroxyl groups is 2. The molecule has 0 saturated heterocycles. The summed E-state index contributed by atoms with van der Waals surface area (Å²) in [6.07, 6.45) is 1.42. The van der Waals surface area contributed by atoms with E-state index in [1.165, 1.54) is 6.07 Å². The third-order valence-electron chi connectivity index (χ3n) is 8.83. The summed E-state index contributed by atoms with van der Waals surface area (Å²) in [5.74, 6) is -1.10.